The number of carbonyl (C=O) groups is 1. The molecule has 1 amide bonds. The van der Waals surface area contributed by atoms with Gasteiger partial charge in [-0.25, -0.2) is 13.1 Å². The summed E-state index contributed by atoms with van der Waals surface area (Å²) in [5.74, 6) is -0.137. The summed E-state index contributed by atoms with van der Waals surface area (Å²) in [6.07, 6.45) is -0.543. The lowest BCUT2D eigenvalue weighted by atomic mass is 10.2. The van der Waals surface area contributed by atoms with E-state index in [4.69, 9.17) is 0 Å². The van der Waals surface area contributed by atoms with E-state index in [1.807, 2.05) is 18.4 Å². The van der Waals surface area contributed by atoms with Crippen LogP contribution in [0.3, 0.4) is 0 Å². The Morgan fingerprint density at radius 1 is 1.24 bits per heavy atom. The number of aryl methyl sites for hydroxylation is 2. The van der Waals surface area contributed by atoms with Crippen molar-refractivity contribution in [2.24, 2.45) is 0 Å². The summed E-state index contributed by atoms with van der Waals surface area (Å²) in [5, 5.41) is 14.7. The van der Waals surface area contributed by atoms with Gasteiger partial charge in [0.1, 0.15) is 6.10 Å². The zero-order valence-corrected chi connectivity index (χ0v) is 16.0. The van der Waals surface area contributed by atoms with Gasteiger partial charge in [-0.2, -0.15) is 0 Å². The number of thiophene rings is 1. The van der Waals surface area contributed by atoms with Gasteiger partial charge in [0.15, 0.2) is 0 Å². The van der Waals surface area contributed by atoms with Gasteiger partial charge in [0.25, 0.3) is 0 Å². The van der Waals surface area contributed by atoms with E-state index in [9.17, 15) is 18.3 Å². The molecule has 0 unspecified atom stereocenters. The third-order valence-corrected chi connectivity index (χ3v) is 6.44. The fourth-order valence-electron chi connectivity index (χ4n) is 2.36. The molecule has 1 heterocycles. The van der Waals surface area contributed by atoms with E-state index in [1.54, 1.807) is 26.0 Å². The lowest BCUT2D eigenvalue weighted by Gasteiger charge is -2.14. The minimum Gasteiger partial charge on any atom is -0.386 e. The summed E-state index contributed by atoms with van der Waals surface area (Å²) < 4.78 is 27.4. The van der Waals surface area contributed by atoms with Crippen molar-refractivity contribution in [1.29, 1.82) is 0 Å². The molecule has 0 aliphatic heterocycles. The monoisotopic (exact) mass is 382 g/mol. The van der Waals surface area contributed by atoms with Gasteiger partial charge >= 0.3 is 0 Å². The van der Waals surface area contributed by atoms with Crippen molar-refractivity contribution in [3.63, 3.8) is 0 Å². The second kappa shape index (κ2) is 8.09. The van der Waals surface area contributed by atoms with Crippen LogP contribution < -0.4 is 10.0 Å². The number of nitrogens with one attached hydrogen (secondary N) is 2. The third-order valence-electron chi connectivity index (χ3n) is 3.74. The van der Waals surface area contributed by atoms with Crippen LogP contribution in [0.5, 0.6) is 0 Å². The van der Waals surface area contributed by atoms with Gasteiger partial charge in [0, 0.05) is 23.5 Å². The van der Waals surface area contributed by atoms with Crippen LogP contribution in [0.15, 0.2) is 34.5 Å². The highest BCUT2D eigenvalue weighted by Crippen LogP contribution is 2.24. The molecule has 0 aliphatic rings. The molecule has 1 aromatic carbocycles. The van der Waals surface area contributed by atoms with Crippen molar-refractivity contribution in [2.75, 3.05) is 11.9 Å². The number of aliphatic hydroxyl groups is 1. The fraction of sp³-hybridized carbons (Fsp3) is 0.353. The number of amides is 1. The van der Waals surface area contributed by atoms with Gasteiger partial charge in [-0.15, -0.1) is 11.3 Å². The Morgan fingerprint density at radius 2 is 1.96 bits per heavy atom. The van der Waals surface area contributed by atoms with Crippen LogP contribution in [0, 0.1) is 13.8 Å². The molecule has 0 radical (unpaired) electrons. The number of aliphatic hydroxyl groups excluding tert-OH is 1. The largest absolute Gasteiger partial charge is 0.386 e. The minimum absolute atomic E-state index is 0.0998. The van der Waals surface area contributed by atoms with Gasteiger partial charge in [-0.1, -0.05) is 6.92 Å². The number of benzene rings is 1. The molecule has 8 heteroatoms. The maximum Gasteiger partial charge on any atom is 0.240 e. The number of carbonyl (C=O) groups excluding carboxylic acids is 1. The van der Waals surface area contributed by atoms with Crippen LogP contribution in [0.1, 0.15) is 35.5 Å². The van der Waals surface area contributed by atoms with Crippen LogP contribution >= 0.6 is 11.3 Å². The minimum atomic E-state index is -3.76. The average Bonchev–Trinajstić information content (AvgIpc) is 2.98. The van der Waals surface area contributed by atoms with E-state index in [0.717, 1.165) is 10.4 Å². The molecule has 0 spiro atoms. The average molecular weight is 383 g/mol. The first-order valence-corrected chi connectivity index (χ1v) is 10.2. The topological polar surface area (TPSA) is 95.5 Å². The lowest BCUT2D eigenvalue weighted by molar-refractivity contribution is -0.115. The van der Waals surface area contributed by atoms with Crippen molar-refractivity contribution in [3.05, 3.63) is 45.6 Å². The van der Waals surface area contributed by atoms with E-state index in [-0.39, 0.29) is 17.3 Å². The summed E-state index contributed by atoms with van der Waals surface area (Å²) in [4.78, 5) is 12.3. The van der Waals surface area contributed by atoms with Crippen molar-refractivity contribution in [3.8, 4) is 0 Å². The highest BCUT2D eigenvalue weighted by Gasteiger charge is 2.20. The molecule has 0 bridgehead atoms. The van der Waals surface area contributed by atoms with Gasteiger partial charge in [0.2, 0.25) is 15.9 Å². The molecular weight excluding hydrogens is 360 g/mol. The summed E-state index contributed by atoms with van der Waals surface area (Å²) >= 11 is 1.39. The molecular formula is C17H22N2O4S2. The highest BCUT2D eigenvalue weighted by molar-refractivity contribution is 7.89. The van der Waals surface area contributed by atoms with Crippen LogP contribution in [0.4, 0.5) is 5.69 Å². The third kappa shape index (κ3) is 4.88. The predicted molar refractivity (Wildman–Crippen MR) is 99.3 cm³/mol. The molecule has 1 atom stereocenters. The lowest BCUT2D eigenvalue weighted by Crippen LogP contribution is -2.29. The van der Waals surface area contributed by atoms with Gasteiger partial charge < -0.3 is 10.4 Å². The molecule has 0 saturated carbocycles. The van der Waals surface area contributed by atoms with E-state index >= 15 is 0 Å². The summed E-state index contributed by atoms with van der Waals surface area (Å²) in [6.45, 7) is 5.18. The normalized spacial score (nSPS) is 12.8. The summed E-state index contributed by atoms with van der Waals surface area (Å²) in [7, 11) is -3.76. The Bertz CT molecular complexity index is 859. The maximum atomic E-state index is 12.5. The Morgan fingerprint density at radius 3 is 2.52 bits per heavy atom. The smallest absolute Gasteiger partial charge is 0.240 e. The molecule has 0 fully saturated rings. The molecule has 2 aromatic rings. The van der Waals surface area contributed by atoms with Crippen molar-refractivity contribution in [1.82, 2.24) is 4.72 Å². The Kier molecular flexibility index (Phi) is 6.34. The SMILES string of the molecule is CCC(=O)Nc1ccc(S(=O)(=O)NC[C@@H](O)c2sccc2C)c(C)c1. The van der Waals surface area contributed by atoms with Crippen molar-refractivity contribution in [2.45, 2.75) is 38.2 Å². The molecule has 136 valence electrons. The van der Waals surface area contributed by atoms with Gasteiger partial charge in [0.05, 0.1) is 4.90 Å². The standard InChI is InChI=1S/C17H22N2O4S2/c1-4-16(21)19-13-5-6-15(12(3)9-13)25(22,23)18-10-14(20)17-11(2)7-8-24-17/h5-9,14,18,20H,4,10H2,1-3H3,(H,19,21)/t14-/m1/s1. The van der Waals surface area contributed by atoms with E-state index in [2.05, 4.69) is 10.0 Å². The summed E-state index contributed by atoms with van der Waals surface area (Å²) in [6, 6.07) is 6.49. The van der Waals surface area contributed by atoms with Gasteiger partial charge in [-0.3, -0.25) is 4.79 Å². The number of rotatable bonds is 7. The number of anilines is 1. The molecule has 0 aliphatic carbocycles. The Balaban J connectivity index is 2.11. The second-order valence-corrected chi connectivity index (χ2v) is 8.40. The van der Waals surface area contributed by atoms with Crippen LogP contribution in [0.2, 0.25) is 0 Å². The maximum absolute atomic E-state index is 12.5. The molecule has 6 nitrogen and oxygen atoms in total. The van der Waals surface area contributed by atoms with Crippen LogP contribution in [0.25, 0.3) is 0 Å². The molecule has 2 rings (SSSR count). The summed E-state index contributed by atoms with van der Waals surface area (Å²) in [5.41, 5.74) is 2.00. The fourth-order valence-corrected chi connectivity index (χ4v) is 4.54. The number of sulfonamides is 1. The van der Waals surface area contributed by atoms with Crippen molar-refractivity contribution >= 4 is 33.0 Å². The Labute approximate surface area is 151 Å². The molecule has 3 N–H and O–H groups in total. The zero-order valence-electron chi connectivity index (χ0n) is 14.4. The quantitative estimate of drug-likeness (QED) is 0.686. The molecule has 25 heavy (non-hydrogen) atoms. The first-order valence-electron chi connectivity index (χ1n) is 7.86. The number of hydrogen-bond donors (Lipinski definition) is 3. The zero-order chi connectivity index (χ0) is 18.6. The first kappa shape index (κ1) is 19.6. The predicted octanol–water partition coefficient (Wildman–Crippen LogP) is 2.73. The number of hydrogen-bond acceptors (Lipinski definition) is 5. The van der Waals surface area contributed by atoms with E-state index in [1.165, 1.54) is 17.4 Å². The molecule has 0 saturated heterocycles. The van der Waals surface area contributed by atoms with E-state index < -0.39 is 16.1 Å². The highest BCUT2D eigenvalue weighted by atomic mass is 32.2. The van der Waals surface area contributed by atoms with Gasteiger partial charge in [-0.05, 0) is 54.6 Å². The van der Waals surface area contributed by atoms with Crippen molar-refractivity contribution < 1.29 is 18.3 Å². The van der Waals surface area contributed by atoms with E-state index in [0.29, 0.717) is 17.7 Å². The second-order valence-electron chi connectivity index (χ2n) is 5.72. The van der Waals surface area contributed by atoms with Crippen LogP contribution in [-0.4, -0.2) is 26.0 Å². The molecule has 1 aromatic heterocycles. The first-order chi connectivity index (χ1) is 11.7. The van der Waals surface area contributed by atoms with Crippen LogP contribution in [-0.2, 0) is 14.8 Å². The Hall–Kier alpha value is -1.74.